The van der Waals surface area contributed by atoms with Crippen LogP contribution in [0.1, 0.15) is 23.6 Å². The van der Waals surface area contributed by atoms with Gasteiger partial charge in [0, 0.05) is 16.3 Å². The zero-order valence-corrected chi connectivity index (χ0v) is 17.2. The largest absolute Gasteiger partial charge is 0.336 e. The van der Waals surface area contributed by atoms with Gasteiger partial charge in [0.2, 0.25) is 5.91 Å². The van der Waals surface area contributed by atoms with Crippen LogP contribution in [0.15, 0.2) is 33.1 Å². The molecule has 0 radical (unpaired) electrons. The number of carbonyl (C=O) groups excluding carboxylic acids is 1. The molecule has 0 aliphatic heterocycles. The molecule has 8 heteroatoms. The maximum absolute atomic E-state index is 12.6. The molecule has 3 aromatic heterocycles. The highest BCUT2D eigenvalue weighted by atomic mass is 79.9. The summed E-state index contributed by atoms with van der Waals surface area (Å²) in [6.07, 6.45) is 2.35. The fraction of sp³-hybridized carbons (Fsp3) is 0.353. The van der Waals surface area contributed by atoms with Crippen molar-refractivity contribution in [2.75, 3.05) is 6.54 Å². The Kier molecular flexibility index (Phi) is 5.71. The maximum atomic E-state index is 12.6. The molecule has 0 N–H and O–H groups in total. The molecule has 132 valence electrons. The number of amides is 1. The van der Waals surface area contributed by atoms with E-state index in [0.717, 1.165) is 24.8 Å². The Morgan fingerprint density at radius 1 is 1.28 bits per heavy atom. The average molecular weight is 440 g/mol. The second-order valence-corrected chi connectivity index (χ2v) is 9.24. The molecule has 0 aliphatic carbocycles. The Bertz CT molecular complexity index is 960. The van der Waals surface area contributed by atoms with E-state index in [4.69, 9.17) is 0 Å². The molecule has 3 heterocycles. The van der Waals surface area contributed by atoms with Gasteiger partial charge in [0.25, 0.3) is 5.56 Å². The van der Waals surface area contributed by atoms with Gasteiger partial charge in [-0.15, -0.1) is 22.7 Å². The summed E-state index contributed by atoms with van der Waals surface area (Å²) < 4.78 is 2.45. The third-order valence-electron chi connectivity index (χ3n) is 3.93. The zero-order valence-electron chi connectivity index (χ0n) is 14.0. The van der Waals surface area contributed by atoms with Gasteiger partial charge in [0.15, 0.2) is 0 Å². The minimum Gasteiger partial charge on any atom is -0.336 e. The SMILES string of the molecule is CCc1cc2c(=O)n(CC(=O)N(CC)Cc3ccc(Br)s3)cnc2s1. The van der Waals surface area contributed by atoms with E-state index in [1.807, 2.05) is 25.1 Å². The van der Waals surface area contributed by atoms with Gasteiger partial charge >= 0.3 is 0 Å². The summed E-state index contributed by atoms with van der Waals surface area (Å²) in [6.45, 7) is 5.15. The molecular weight excluding hydrogens is 422 g/mol. The van der Waals surface area contributed by atoms with Gasteiger partial charge in [-0.1, -0.05) is 6.92 Å². The second kappa shape index (κ2) is 7.80. The smallest absolute Gasteiger partial charge is 0.262 e. The summed E-state index contributed by atoms with van der Waals surface area (Å²) in [5.41, 5.74) is -0.149. The van der Waals surface area contributed by atoms with E-state index in [2.05, 4.69) is 27.8 Å². The van der Waals surface area contributed by atoms with Gasteiger partial charge < -0.3 is 4.90 Å². The molecule has 5 nitrogen and oxygen atoms in total. The molecule has 0 fully saturated rings. The summed E-state index contributed by atoms with van der Waals surface area (Å²) >= 11 is 6.58. The molecule has 0 aliphatic rings. The molecule has 0 saturated carbocycles. The molecule has 0 saturated heterocycles. The normalized spacial score (nSPS) is 11.2. The molecule has 3 rings (SSSR count). The van der Waals surface area contributed by atoms with E-state index in [1.54, 1.807) is 16.2 Å². The Labute approximate surface area is 162 Å². The fourth-order valence-electron chi connectivity index (χ4n) is 2.54. The van der Waals surface area contributed by atoms with E-state index in [0.29, 0.717) is 18.5 Å². The number of aryl methyl sites for hydroxylation is 1. The first-order valence-corrected chi connectivity index (χ1v) is 10.4. The summed E-state index contributed by atoms with van der Waals surface area (Å²) in [7, 11) is 0. The first-order valence-electron chi connectivity index (χ1n) is 8.01. The molecule has 3 aromatic rings. The van der Waals surface area contributed by atoms with Crippen LogP contribution in [-0.4, -0.2) is 26.9 Å². The van der Waals surface area contributed by atoms with E-state index in [9.17, 15) is 9.59 Å². The van der Waals surface area contributed by atoms with Crippen molar-refractivity contribution in [2.24, 2.45) is 0 Å². The van der Waals surface area contributed by atoms with Crippen molar-refractivity contribution in [3.63, 3.8) is 0 Å². The number of halogens is 1. The van der Waals surface area contributed by atoms with Gasteiger partial charge in [-0.25, -0.2) is 4.98 Å². The Balaban J connectivity index is 1.80. The minimum atomic E-state index is -0.149. The van der Waals surface area contributed by atoms with Crippen LogP contribution in [0, 0.1) is 0 Å². The highest BCUT2D eigenvalue weighted by Gasteiger charge is 2.16. The van der Waals surface area contributed by atoms with Crippen molar-refractivity contribution in [3.05, 3.63) is 48.4 Å². The van der Waals surface area contributed by atoms with E-state index in [-0.39, 0.29) is 18.0 Å². The first kappa shape index (κ1) is 18.3. The third kappa shape index (κ3) is 4.02. The Morgan fingerprint density at radius 2 is 2.08 bits per heavy atom. The topological polar surface area (TPSA) is 55.2 Å². The highest BCUT2D eigenvalue weighted by molar-refractivity contribution is 9.11. The summed E-state index contributed by atoms with van der Waals surface area (Å²) in [5.74, 6) is -0.0822. The van der Waals surface area contributed by atoms with Crippen molar-refractivity contribution in [2.45, 2.75) is 33.4 Å². The number of hydrogen-bond acceptors (Lipinski definition) is 5. The lowest BCUT2D eigenvalue weighted by atomic mass is 10.3. The molecule has 0 aromatic carbocycles. The quantitative estimate of drug-likeness (QED) is 0.585. The van der Waals surface area contributed by atoms with Crippen molar-refractivity contribution in [1.29, 1.82) is 0 Å². The van der Waals surface area contributed by atoms with E-state index < -0.39 is 0 Å². The molecule has 0 spiro atoms. The van der Waals surface area contributed by atoms with E-state index in [1.165, 1.54) is 22.2 Å². The van der Waals surface area contributed by atoms with Crippen LogP contribution in [0.2, 0.25) is 0 Å². The second-order valence-electron chi connectivity index (χ2n) is 5.58. The zero-order chi connectivity index (χ0) is 18.0. The lowest BCUT2D eigenvalue weighted by molar-refractivity contribution is -0.132. The standard InChI is InChI=1S/C17H18BrN3O2S2/c1-3-11-7-13-16(25-11)19-10-21(17(13)23)9-15(22)20(4-2)8-12-5-6-14(18)24-12/h5-7,10H,3-4,8-9H2,1-2H3. The van der Waals surface area contributed by atoms with Crippen LogP contribution in [0.25, 0.3) is 10.2 Å². The van der Waals surface area contributed by atoms with Crippen LogP contribution in [0.4, 0.5) is 0 Å². The Morgan fingerprint density at radius 3 is 2.72 bits per heavy atom. The van der Waals surface area contributed by atoms with E-state index >= 15 is 0 Å². The monoisotopic (exact) mass is 439 g/mol. The number of fused-ring (bicyclic) bond motifs is 1. The highest BCUT2D eigenvalue weighted by Crippen LogP contribution is 2.23. The van der Waals surface area contributed by atoms with Gasteiger partial charge in [0.05, 0.1) is 22.0 Å². The molecule has 0 bridgehead atoms. The summed E-state index contributed by atoms with van der Waals surface area (Å²) in [5, 5.41) is 0.599. The number of likely N-dealkylation sites (N-methyl/N-ethyl adjacent to an activating group) is 1. The van der Waals surface area contributed by atoms with Crippen molar-refractivity contribution >= 4 is 54.7 Å². The Hall–Kier alpha value is -1.51. The maximum Gasteiger partial charge on any atom is 0.262 e. The predicted octanol–water partition coefficient (Wildman–Crippen LogP) is 3.89. The molecule has 0 unspecified atom stereocenters. The van der Waals surface area contributed by atoms with Crippen LogP contribution >= 0.6 is 38.6 Å². The number of carbonyl (C=O) groups is 1. The molecular formula is C17H18BrN3O2S2. The minimum absolute atomic E-state index is 0.0134. The summed E-state index contributed by atoms with van der Waals surface area (Å²) in [4.78, 5) is 34.3. The van der Waals surface area contributed by atoms with Gasteiger partial charge in [-0.2, -0.15) is 0 Å². The lowest BCUT2D eigenvalue weighted by Crippen LogP contribution is -2.35. The third-order valence-corrected chi connectivity index (χ3v) is 6.73. The first-order chi connectivity index (χ1) is 12.0. The molecule has 0 atom stereocenters. The fourth-order valence-corrected chi connectivity index (χ4v) is 4.97. The summed E-state index contributed by atoms with van der Waals surface area (Å²) in [6, 6.07) is 5.86. The van der Waals surface area contributed by atoms with Crippen LogP contribution in [-0.2, 0) is 24.3 Å². The predicted molar refractivity (Wildman–Crippen MR) is 106 cm³/mol. The van der Waals surface area contributed by atoms with Crippen molar-refractivity contribution in [3.8, 4) is 0 Å². The van der Waals surface area contributed by atoms with Gasteiger partial charge in [-0.05, 0) is 47.5 Å². The lowest BCUT2D eigenvalue weighted by Gasteiger charge is -2.20. The van der Waals surface area contributed by atoms with Crippen LogP contribution < -0.4 is 5.56 Å². The van der Waals surface area contributed by atoms with Gasteiger partial charge in [-0.3, -0.25) is 14.2 Å². The van der Waals surface area contributed by atoms with Crippen LogP contribution in [0.3, 0.4) is 0 Å². The molecule has 1 amide bonds. The van der Waals surface area contributed by atoms with Gasteiger partial charge in [0.1, 0.15) is 11.4 Å². The number of thiophene rings is 2. The van der Waals surface area contributed by atoms with Crippen molar-refractivity contribution < 1.29 is 4.79 Å². The van der Waals surface area contributed by atoms with Crippen molar-refractivity contribution in [1.82, 2.24) is 14.5 Å². The number of aromatic nitrogens is 2. The number of rotatable bonds is 6. The average Bonchev–Trinajstić information content (AvgIpc) is 3.21. The molecule has 25 heavy (non-hydrogen) atoms. The number of hydrogen-bond donors (Lipinski definition) is 0. The van der Waals surface area contributed by atoms with Crippen LogP contribution in [0.5, 0.6) is 0 Å². The number of nitrogens with zero attached hydrogens (tertiary/aromatic N) is 3.